The maximum Gasteiger partial charge on any atom is 0.240 e. The summed E-state index contributed by atoms with van der Waals surface area (Å²) in [5, 5.41) is 0. The van der Waals surface area contributed by atoms with Gasteiger partial charge in [0.25, 0.3) is 0 Å². The summed E-state index contributed by atoms with van der Waals surface area (Å²) in [4.78, 5) is 42.3. The quantitative estimate of drug-likeness (QED) is 0.515. The van der Waals surface area contributed by atoms with E-state index in [1.54, 1.807) is 17.0 Å². The molecule has 3 aromatic carbocycles. The Labute approximate surface area is 204 Å². The molecule has 178 valence electrons. The van der Waals surface area contributed by atoms with E-state index in [0.29, 0.717) is 18.7 Å². The monoisotopic (exact) mass is 470 g/mol. The van der Waals surface area contributed by atoms with Gasteiger partial charge in [-0.3, -0.25) is 19.3 Å². The number of hydrogen-bond donors (Lipinski definition) is 0. The van der Waals surface area contributed by atoms with Gasteiger partial charge in [0.1, 0.15) is 5.82 Å². The molecule has 2 heterocycles. The maximum absolute atomic E-state index is 13.4. The summed E-state index contributed by atoms with van der Waals surface area (Å²) in [5.41, 5.74) is 2.54. The number of carbonyl (C=O) groups excluding carboxylic acids is 3. The molecule has 35 heavy (non-hydrogen) atoms. The maximum atomic E-state index is 13.4. The molecule has 0 aromatic heterocycles. The third kappa shape index (κ3) is 4.25. The lowest BCUT2D eigenvalue weighted by atomic mass is 9.75. The fourth-order valence-corrected chi connectivity index (χ4v) is 5.33. The number of rotatable bonds is 5. The fourth-order valence-electron chi connectivity index (χ4n) is 5.33. The molecule has 3 amide bonds. The summed E-state index contributed by atoms with van der Waals surface area (Å²) >= 11 is 0. The molecule has 5 nitrogen and oxygen atoms in total. The van der Waals surface area contributed by atoms with Crippen LogP contribution in [0, 0.1) is 5.82 Å². The van der Waals surface area contributed by atoms with E-state index in [4.69, 9.17) is 0 Å². The second-order valence-electron chi connectivity index (χ2n) is 9.51. The zero-order valence-electron chi connectivity index (χ0n) is 19.6. The Kier molecular flexibility index (Phi) is 5.97. The minimum absolute atomic E-state index is 0.0199. The van der Waals surface area contributed by atoms with Crippen LogP contribution in [0.4, 0.5) is 4.39 Å². The van der Waals surface area contributed by atoms with Crippen LogP contribution in [0.15, 0.2) is 78.9 Å². The van der Waals surface area contributed by atoms with Crippen molar-refractivity contribution < 1.29 is 18.8 Å². The number of likely N-dealkylation sites (N-methyl/N-ethyl adjacent to an activating group) is 1. The molecule has 2 fully saturated rings. The molecule has 0 saturated carbocycles. The highest BCUT2D eigenvalue weighted by Gasteiger charge is 2.53. The van der Waals surface area contributed by atoms with Gasteiger partial charge in [-0.25, -0.2) is 4.39 Å². The smallest absolute Gasteiger partial charge is 0.240 e. The zero-order chi connectivity index (χ0) is 24.6. The number of halogens is 1. The van der Waals surface area contributed by atoms with Gasteiger partial charge in [0.15, 0.2) is 0 Å². The van der Waals surface area contributed by atoms with Crippen molar-refractivity contribution >= 4 is 17.7 Å². The predicted molar refractivity (Wildman–Crippen MR) is 131 cm³/mol. The van der Waals surface area contributed by atoms with Crippen LogP contribution in [0.1, 0.15) is 36.3 Å². The van der Waals surface area contributed by atoms with E-state index < -0.39 is 5.41 Å². The van der Waals surface area contributed by atoms with Crippen LogP contribution in [-0.4, -0.2) is 47.7 Å². The number of carbonyl (C=O) groups is 3. The van der Waals surface area contributed by atoms with Crippen molar-refractivity contribution in [1.29, 1.82) is 0 Å². The second-order valence-corrected chi connectivity index (χ2v) is 9.51. The molecule has 0 aliphatic carbocycles. The van der Waals surface area contributed by atoms with Gasteiger partial charge in [0, 0.05) is 38.9 Å². The van der Waals surface area contributed by atoms with E-state index in [9.17, 15) is 18.8 Å². The highest BCUT2D eigenvalue weighted by Crippen LogP contribution is 2.41. The molecular formula is C29H27FN2O3. The lowest BCUT2D eigenvalue weighted by Gasteiger charge is -2.29. The first kappa shape index (κ1) is 23.0. The molecule has 3 aromatic rings. The molecule has 2 aliphatic rings. The van der Waals surface area contributed by atoms with Crippen LogP contribution < -0.4 is 0 Å². The number of nitrogens with zero attached hydrogens (tertiary/aromatic N) is 2. The van der Waals surface area contributed by atoms with E-state index >= 15 is 0 Å². The standard InChI is InChI=1S/C29H27FN2O3/c1-31-26(33)17-29(28(31)35,24-11-7-21(8-12-24)20-5-3-2-4-6-20)18-27(34)32-16-15-23(19-32)22-9-13-25(30)14-10-22/h2-14,23H,15-19H2,1H3/t23-,29-/m0/s1. The second kappa shape index (κ2) is 9.10. The SMILES string of the molecule is CN1C(=O)C[C@](CC(=O)N2CC[C@H](c3ccc(F)cc3)C2)(c2ccc(-c3ccccc3)cc2)C1=O. The summed E-state index contributed by atoms with van der Waals surface area (Å²) in [5.74, 6) is -0.908. The number of amides is 3. The third-order valence-corrected chi connectivity index (χ3v) is 7.42. The minimum Gasteiger partial charge on any atom is -0.342 e. The lowest BCUT2D eigenvalue weighted by molar-refractivity contribution is -0.141. The molecule has 0 unspecified atom stereocenters. The Morgan fingerprint density at radius 3 is 2.23 bits per heavy atom. The summed E-state index contributed by atoms with van der Waals surface area (Å²) < 4.78 is 13.3. The Morgan fingerprint density at radius 1 is 0.943 bits per heavy atom. The molecule has 0 spiro atoms. The highest BCUT2D eigenvalue weighted by molar-refractivity contribution is 6.10. The van der Waals surface area contributed by atoms with Crippen molar-refractivity contribution in [3.8, 4) is 11.1 Å². The van der Waals surface area contributed by atoms with Gasteiger partial charge in [-0.2, -0.15) is 0 Å². The average molecular weight is 471 g/mol. The Balaban J connectivity index is 1.39. The molecule has 0 bridgehead atoms. The van der Waals surface area contributed by atoms with E-state index in [2.05, 4.69) is 0 Å². The van der Waals surface area contributed by atoms with E-state index in [1.807, 2.05) is 54.6 Å². The van der Waals surface area contributed by atoms with Gasteiger partial charge < -0.3 is 4.90 Å². The lowest BCUT2D eigenvalue weighted by Crippen LogP contribution is -2.42. The van der Waals surface area contributed by atoms with Gasteiger partial charge in [-0.05, 0) is 40.8 Å². The number of benzene rings is 3. The van der Waals surface area contributed by atoms with Crippen LogP contribution in [0.5, 0.6) is 0 Å². The van der Waals surface area contributed by atoms with Crippen LogP contribution in [-0.2, 0) is 19.8 Å². The van der Waals surface area contributed by atoms with Crippen LogP contribution in [0.25, 0.3) is 11.1 Å². The Bertz CT molecular complexity index is 1260. The normalized spacial score (nSPS) is 22.2. The summed E-state index contributed by atoms with van der Waals surface area (Å²) in [6, 6.07) is 23.9. The van der Waals surface area contributed by atoms with Crippen molar-refractivity contribution in [3.63, 3.8) is 0 Å². The van der Waals surface area contributed by atoms with Gasteiger partial charge >= 0.3 is 0 Å². The van der Waals surface area contributed by atoms with Crippen LogP contribution in [0.3, 0.4) is 0 Å². The van der Waals surface area contributed by atoms with Crippen molar-refractivity contribution in [2.45, 2.75) is 30.6 Å². The molecule has 0 N–H and O–H groups in total. The molecule has 5 rings (SSSR count). The minimum atomic E-state index is -1.20. The van der Waals surface area contributed by atoms with Crippen molar-refractivity contribution in [2.75, 3.05) is 20.1 Å². The average Bonchev–Trinajstić information content (AvgIpc) is 3.46. The number of likely N-dealkylation sites (tertiary alicyclic amines) is 2. The van der Waals surface area contributed by atoms with Gasteiger partial charge in [0.05, 0.1) is 5.41 Å². The van der Waals surface area contributed by atoms with Crippen molar-refractivity contribution in [3.05, 3.63) is 95.8 Å². The molecule has 6 heteroatoms. The number of hydrogen-bond acceptors (Lipinski definition) is 3. The van der Waals surface area contributed by atoms with E-state index in [-0.39, 0.29) is 42.3 Å². The van der Waals surface area contributed by atoms with Crippen molar-refractivity contribution in [1.82, 2.24) is 9.80 Å². The van der Waals surface area contributed by atoms with Crippen LogP contribution in [0.2, 0.25) is 0 Å². The summed E-state index contributed by atoms with van der Waals surface area (Å²) in [6.07, 6.45) is 0.708. The summed E-state index contributed by atoms with van der Waals surface area (Å²) in [6.45, 7) is 1.09. The summed E-state index contributed by atoms with van der Waals surface area (Å²) in [7, 11) is 1.48. The zero-order valence-corrected chi connectivity index (χ0v) is 19.6. The van der Waals surface area contributed by atoms with Gasteiger partial charge in [-0.1, -0.05) is 66.7 Å². The van der Waals surface area contributed by atoms with E-state index in [1.165, 1.54) is 19.2 Å². The van der Waals surface area contributed by atoms with E-state index in [0.717, 1.165) is 28.0 Å². The Morgan fingerprint density at radius 2 is 1.60 bits per heavy atom. The number of imide groups is 1. The van der Waals surface area contributed by atoms with Gasteiger partial charge in [0.2, 0.25) is 17.7 Å². The fraction of sp³-hybridized carbons (Fsp3) is 0.276. The largest absolute Gasteiger partial charge is 0.342 e. The van der Waals surface area contributed by atoms with Crippen molar-refractivity contribution in [2.24, 2.45) is 0 Å². The van der Waals surface area contributed by atoms with Gasteiger partial charge in [-0.15, -0.1) is 0 Å². The first-order chi connectivity index (χ1) is 16.9. The highest BCUT2D eigenvalue weighted by atomic mass is 19.1. The first-order valence-electron chi connectivity index (χ1n) is 11.9. The Hall–Kier alpha value is -3.80. The third-order valence-electron chi connectivity index (χ3n) is 7.42. The molecular weight excluding hydrogens is 443 g/mol. The topological polar surface area (TPSA) is 57.7 Å². The molecule has 0 radical (unpaired) electrons. The molecule has 2 aliphatic heterocycles. The first-order valence-corrected chi connectivity index (χ1v) is 11.9. The van der Waals surface area contributed by atoms with Crippen LogP contribution >= 0.6 is 0 Å². The predicted octanol–water partition coefficient (Wildman–Crippen LogP) is 4.53. The molecule has 2 atom stereocenters. The molecule has 2 saturated heterocycles.